The lowest BCUT2D eigenvalue weighted by atomic mass is 10.0. The van der Waals surface area contributed by atoms with E-state index >= 15 is 0 Å². The number of benzene rings is 2. The number of carbonyl (C=O) groups excluding carboxylic acids is 1. The summed E-state index contributed by atoms with van der Waals surface area (Å²) >= 11 is 0. The first-order valence-electron chi connectivity index (χ1n) is 8.35. The average molecular weight is 365 g/mol. The van der Waals surface area contributed by atoms with Crippen molar-refractivity contribution < 1.29 is 19.6 Å². The quantitative estimate of drug-likeness (QED) is 0.565. The number of para-hydroxylation sites is 1. The molecule has 0 aliphatic carbocycles. The number of hydrogen-bond donors (Lipinski definition) is 1. The Bertz CT molecular complexity index is 1090. The summed E-state index contributed by atoms with van der Waals surface area (Å²) in [6.07, 6.45) is 0.486. The smallest absolute Gasteiger partial charge is 0.323 e. The Balaban J connectivity index is 1.92. The largest absolute Gasteiger partial charge is 0.480 e. The van der Waals surface area contributed by atoms with E-state index in [1.54, 1.807) is 4.90 Å². The molecule has 0 saturated carbocycles. The Kier molecular flexibility index (Phi) is 3.88. The first kappa shape index (κ1) is 16.8. The second-order valence-electron chi connectivity index (χ2n) is 6.31. The third-order valence-electron chi connectivity index (χ3n) is 4.76. The Labute approximate surface area is 153 Å². The number of nitro benzene ring substituents is 1. The van der Waals surface area contributed by atoms with E-state index in [0.29, 0.717) is 29.4 Å². The average Bonchev–Trinajstić information content (AvgIpc) is 2.96. The molecule has 1 N–H and O–H groups in total. The van der Waals surface area contributed by atoms with Gasteiger partial charge in [-0.2, -0.15) is 0 Å². The number of aliphatic carboxylic acids is 1. The molecule has 0 fully saturated rings. The second kappa shape index (κ2) is 6.24. The van der Waals surface area contributed by atoms with Crippen LogP contribution in [0.5, 0.6) is 0 Å². The molecule has 27 heavy (non-hydrogen) atoms. The van der Waals surface area contributed by atoms with Gasteiger partial charge in [0.2, 0.25) is 0 Å². The van der Waals surface area contributed by atoms with Crippen LogP contribution in [0.3, 0.4) is 0 Å². The van der Waals surface area contributed by atoms with E-state index in [0.717, 1.165) is 5.69 Å². The highest BCUT2D eigenvalue weighted by Crippen LogP contribution is 2.34. The monoisotopic (exact) mass is 365 g/mol. The molecule has 0 saturated heterocycles. The summed E-state index contributed by atoms with van der Waals surface area (Å²) in [6.45, 7) is 0.0305. The van der Waals surface area contributed by atoms with Crippen LogP contribution < -0.4 is 4.90 Å². The second-order valence-corrected chi connectivity index (χ2v) is 6.31. The van der Waals surface area contributed by atoms with Gasteiger partial charge in [-0.05, 0) is 30.2 Å². The number of hydrogen-bond acceptors (Lipinski definition) is 4. The van der Waals surface area contributed by atoms with Crippen molar-refractivity contribution in [2.45, 2.75) is 13.0 Å². The van der Waals surface area contributed by atoms with E-state index in [1.165, 1.54) is 22.8 Å². The summed E-state index contributed by atoms with van der Waals surface area (Å²) in [5.74, 6) is -1.39. The van der Waals surface area contributed by atoms with Crippen molar-refractivity contribution in [2.75, 3.05) is 11.4 Å². The van der Waals surface area contributed by atoms with Crippen molar-refractivity contribution in [3.63, 3.8) is 0 Å². The van der Waals surface area contributed by atoms with Crippen LogP contribution in [0.25, 0.3) is 10.9 Å². The molecule has 1 amide bonds. The third kappa shape index (κ3) is 2.71. The van der Waals surface area contributed by atoms with Gasteiger partial charge in [-0.1, -0.05) is 18.2 Å². The van der Waals surface area contributed by atoms with Gasteiger partial charge in [0.05, 0.1) is 4.92 Å². The molecule has 136 valence electrons. The Morgan fingerprint density at radius 2 is 1.93 bits per heavy atom. The maximum atomic E-state index is 13.2. The van der Waals surface area contributed by atoms with Crippen molar-refractivity contribution in [3.8, 4) is 0 Å². The maximum Gasteiger partial charge on any atom is 0.323 e. The van der Waals surface area contributed by atoms with Crippen molar-refractivity contribution >= 4 is 34.2 Å². The molecule has 1 aliphatic heterocycles. The Morgan fingerprint density at radius 1 is 1.19 bits per heavy atom. The number of amides is 1. The highest BCUT2D eigenvalue weighted by molar-refractivity contribution is 6.11. The van der Waals surface area contributed by atoms with E-state index in [2.05, 4.69) is 0 Å². The molecule has 2 heterocycles. The molecule has 0 spiro atoms. The lowest BCUT2D eigenvalue weighted by Crippen LogP contribution is -2.39. The fourth-order valence-electron chi connectivity index (χ4n) is 3.63. The van der Waals surface area contributed by atoms with Gasteiger partial charge >= 0.3 is 5.97 Å². The lowest BCUT2D eigenvalue weighted by molar-refractivity contribution is -0.384. The fraction of sp³-hybridized carbons (Fsp3) is 0.158. The summed E-state index contributed by atoms with van der Waals surface area (Å²) in [5, 5.41) is 21.0. The summed E-state index contributed by atoms with van der Waals surface area (Å²) in [6, 6.07) is 13.4. The van der Waals surface area contributed by atoms with Crippen LogP contribution in [0.2, 0.25) is 0 Å². The van der Waals surface area contributed by atoms with E-state index in [1.807, 2.05) is 30.3 Å². The van der Waals surface area contributed by atoms with Crippen LogP contribution in [-0.2, 0) is 17.8 Å². The minimum absolute atomic E-state index is 0.0873. The normalized spacial score (nSPS) is 13.6. The van der Waals surface area contributed by atoms with Crippen molar-refractivity contribution in [2.24, 2.45) is 0 Å². The minimum atomic E-state index is -1.09. The van der Waals surface area contributed by atoms with E-state index < -0.39 is 17.4 Å². The zero-order valence-electron chi connectivity index (χ0n) is 14.2. The molecule has 1 aromatic heterocycles. The van der Waals surface area contributed by atoms with E-state index in [-0.39, 0.29) is 17.3 Å². The van der Waals surface area contributed by atoms with Gasteiger partial charge in [0.25, 0.3) is 11.6 Å². The van der Waals surface area contributed by atoms with Crippen molar-refractivity contribution in [3.05, 3.63) is 69.9 Å². The zero-order chi connectivity index (χ0) is 19.1. The van der Waals surface area contributed by atoms with Gasteiger partial charge in [-0.25, -0.2) is 0 Å². The van der Waals surface area contributed by atoms with Crippen LogP contribution in [0.4, 0.5) is 11.4 Å². The molecule has 4 rings (SSSR count). The fourth-order valence-corrected chi connectivity index (χ4v) is 3.63. The van der Waals surface area contributed by atoms with Crippen LogP contribution in [-0.4, -0.2) is 33.0 Å². The molecular formula is C19H15N3O5. The number of carboxylic acid groups (broad SMARTS) is 1. The molecule has 8 heteroatoms. The van der Waals surface area contributed by atoms with E-state index in [4.69, 9.17) is 0 Å². The minimum Gasteiger partial charge on any atom is -0.480 e. The first-order chi connectivity index (χ1) is 13.0. The number of carboxylic acids is 1. The molecule has 0 bridgehead atoms. The molecule has 0 atom stereocenters. The van der Waals surface area contributed by atoms with Gasteiger partial charge in [0.15, 0.2) is 0 Å². The maximum absolute atomic E-state index is 13.2. The summed E-state index contributed by atoms with van der Waals surface area (Å²) in [4.78, 5) is 36.8. The predicted molar refractivity (Wildman–Crippen MR) is 98.1 cm³/mol. The highest BCUT2D eigenvalue weighted by Gasteiger charge is 2.32. The van der Waals surface area contributed by atoms with Crippen molar-refractivity contribution in [1.29, 1.82) is 0 Å². The van der Waals surface area contributed by atoms with Gasteiger partial charge in [0, 0.05) is 35.3 Å². The number of nitro groups is 1. The first-order valence-corrected chi connectivity index (χ1v) is 8.35. The van der Waals surface area contributed by atoms with Gasteiger partial charge in [-0.3, -0.25) is 19.7 Å². The third-order valence-corrected chi connectivity index (χ3v) is 4.76. The molecule has 2 aromatic carbocycles. The summed E-state index contributed by atoms with van der Waals surface area (Å²) < 4.78 is 1.44. The molecule has 3 aromatic rings. The number of fused-ring (bicyclic) bond motifs is 3. The van der Waals surface area contributed by atoms with Crippen LogP contribution in [0.15, 0.2) is 48.5 Å². The van der Waals surface area contributed by atoms with Crippen LogP contribution in [0, 0.1) is 10.1 Å². The molecule has 1 aliphatic rings. The lowest BCUT2D eigenvalue weighted by Gasteiger charge is -2.28. The molecular weight excluding hydrogens is 350 g/mol. The Morgan fingerprint density at radius 3 is 2.59 bits per heavy atom. The predicted octanol–water partition coefficient (Wildman–Crippen LogP) is 2.84. The topological polar surface area (TPSA) is 106 Å². The van der Waals surface area contributed by atoms with Crippen LogP contribution >= 0.6 is 0 Å². The molecule has 8 nitrogen and oxygen atoms in total. The number of anilines is 1. The van der Waals surface area contributed by atoms with Crippen molar-refractivity contribution in [1.82, 2.24) is 4.57 Å². The SMILES string of the molecule is O=C(O)Cn1c2c(c3cc([N+](=O)[O-])ccc31)CCN(c1ccccc1)C2=O. The van der Waals surface area contributed by atoms with Gasteiger partial charge < -0.3 is 14.6 Å². The number of carbonyl (C=O) groups is 2. The summed E-state index contributed by atoms with van der Waals surface area (Å²) in [5.41, 5.74) is 2.09. The Hall–Kier alpha value is -3.68. The van der Waals surface area contributed by atoms with Gasteiger partial charge in [0.1, 0.15) is 12.2 Å². The number of nitrogens with zero attached hydrogens (tertiary/aromatic N) is 3. The van der Waals surface area contributed by atoms with Crippen LogP contribution in [0.1, 0.15) is 16.1 Å². The highest BCUT2D eigenvalue weighted by atomic mass is 16.6. The number of rotatable bonds is 4. The number of aromatic nitrogens is 1. The van der Waals surface area contributed by atoms with E-state index in [9.17, 15) is 24.8 Å². The van der Waals surface area contributed by atoms with Gasteiger partial charge in [-0.15, -0.1) is 0 Å². The summed E-state index contributed by atoms with van der Waals surface area (Å²) in [7, 11) is 0. The molecule has 0 radical (unpaired) electrons. The number of non-ortho nitro benzene ring substituents is 1. The zero-order valence-corrected chi connectivity index (χ0v) is 14.2. The molecule has 0 unspecified atom stereocenters. The standard InChI is InChI=1S/C19H15N3O5/c23-17(24)11-21-16-7-6-13(22(26)27)10-15(16)14-8-9-20(19(25)18(14)21)12-4-2-1-3-5-12/h1-7,10H,8-9,11H2,(H,23,24).